The molecule has 0 atom stereocenters. The predicted molar refractivity (Wildman–Crippen MR) is 108 cm³/mol. The molecule has 0 bridgehead atoms. The fraction of sp³-hybridized carbons (Fsp3) is 0.136. The predicted octanol–water partition coefficient (Wildman–Crippen LogP) is 4.86. The van der Waals surface area contributed by atoms with Crippen molar-refractivity contribution in [3.8, 4) is 17.2 Å². The summed E-state index contributed by atoms with van der Waals surface area (Å²) in [6.45, 7) is 0. The molecule has 6 nitrogen and oxygen atoms in total. The van der Waals surface area contributed by atoms with Crippen molar-refractivity contribution in [1.29, 1.82) is 0 Å². The zero-order valence-corrected chi connectivity index (χ0v) is 15.7. The molecule has 6 heteroatoms. The summed E-state index contributed by atoms with van der Waals surface area (Å²) < 4.78 is 21.9. The quantitative estimate of drug-likeness (QED) is 0.538. The molecule has 0 radical (unpaired) electrons. The van der Waals surface area contributed by atoms with Crippen LogP contribution in [0.2, 0.25) is 0 Å². The van der Waals surface area contributed by atoms with E-state index in [9.17, 15) is 4.79 Å². The topological polar surface area (TPSA) is 69.9 Å². The van der Waals surface area contributed by atoms with Crippen molar-refractivity contribution in [1.82, 2.24) is 0 Å². The highest BCUT2D eigenvalue weighted by Gasteiger charge is 2.16. The first-order chi connectivity index (χ1) is 13.6. The van der Waals surface area contributed by atoms with E-state index in [1.54, 1.807) is 31.4 Å². The fourth-order valence-corrected chi connectivity index (χ4v) is 3.15. The van der Waals surface area contributed by atoms with E-state index in [4.69, 9.17) is 18.6 Å². The van der Waals surface area contributed by atoms with E-state index in [2.05, 4.69) is 5.32 Å². The highest BCUT2D eigenvalue weighted by Crippen LogP contribution is 2.36. The summed E-state index contributed by atoms with van der Waals surface area (Å²) >= 11 is 0. The van der Waals surface area contributed by atoms with Crippen LogP contribution in [0.5, 0.6) is 17.2 Å². The second kappa shape index (κ2) is 7.15. The maximum Gasteiger partial charge on any atom is 0.256 e. The number of hydrogen-bond acceptors (Lipinski definition) is 5. The third-order valence-electron chi connectivity index (χ3n) is 4.56. The van der Waals surface area contributed by atoms with E-state index in [1.807, 2.05) is 30.3 Å². The van der Waals surface area contributed by atoms with Crippen LogP contribution in [-0.2, 0) is 0 Å². The standard InChI is InChI=1S/C22H19NO5/c1-25-14-8-13(9-15(10-14)26-2)22(24)23-18-12-20-17(11-21(18)27-3)16-6-4-5-7-19(16)28-20/h4-12H,1-3H3,(H,23,24). The average molecular weight is 377 g/mol. The van der Waals surface area contributed by atoms with E-state index >= 15 is 0 Å². The molecule has 0 aliphatic heterocycles. The number of para-hydroxylation sites is 1. The third-order valence-corrected chi connectivity index (χ3v) is 4.56. The molecule has 1 aromatic heterocycles. The molecule has 1 N–H and O–H groups in total. The molecule has 0 unspecified atom stereocenters. The smallest absolute Gasteiger partial charge is 0.256 e. The van der Waals surface area contributed by atoms with E-state index in [0.717, 1.165) is 16.4 Å². The van der Waals surface area contributed by atoms with Crippen molar-refractivity contribution >= 4 is 33.5 Å². The second-order valence-electron chi connectivity index (χ2n) is 6.20. The Hall–Kier alpha value is -3.67. The summed E-state index contributed by atoms with van der Waals surface area (Å²) in [5.41, 5.74) is 2.37. The first-order valence-electron chi connectivity index (χ1n) is 8.66. The number of carbonyl (C=O) groups excluding carboxylic acids is 1. The number of ether oxygens (including phenoxy) is 3. The van der Waals surface area contributed by atoms with Gasteiger partial charge < -0.3 is 23.9 Å². The number of anilines is 1. The Kier molecular flexibility index (Phi) is 4.53. The Balaban J connectivity index is 1.74. The SMILES string of the molecule is COc1cc(OC)cc(C(=O)Nc2cc3oc4ccccc4c3cc2OC)c1. The van der Waals surface area contributed by atoms with Gasteiger partial charge in [-0.25, -0.2) is 0 Å². The summed E-state index contributed by atoms with van der Waals surface area (Å²) in [7, 11) is 4.64. The second-order valence-corrected chi connectivity index (χ2v) is 6.20. The van der Waals surface area contributed by atoms with Gasteiger partial charge in [0.1, 0.15) is 28.4 Å². The minimum Gasteiger partial charge on any atom is -0.497 e. The Morgan fingerprint density at radius 3 is 2.21 bits per heavy atom. The number of rotatable bonds is 5. The van der Waals surface area contributed by atoms with E-state index in [-0.39, 0.29) is 5.91 Å². The van der Waals surface area contributed by atoms with Crippen LogP contribution >= 0.6 is 0 Å². The van der Waals surface area contributed by atoms with Gasteiger partial charge in [0.2, 0.25) is 0 Å². The van der Waals surface area contributed by atoms with Crippen molar-refractivity contribution in [2.75, 3.05) is 26.6 Å². The molecular formula is C22H19NO5. The normalized spacial score (nSPS) is 10.8. The zero-order chi connectivity index (χ0) is 19.7. The number of carbonyl (C=O) groups is 1. The van der Waals surface area contributed by atoms with Crippen LogP contribution in [0.1, 0.15) is 10.4 Å². The molecule has 142 valence electrons. The van der Waals surface area contributed by atoms with Gasteiger partial charge in [-0.1, -0.05) is 18.2 Å². The number of hydrogen-bond donors (Lipinski definition) is 1. The van der Waals surface area contributed by atoms with Gasteiger partial charge in [-0.05, 0) is 24.3 Å². The molecule has 4 aromatic rings. The number of methoxy groups -OCH3 is 3. The molecule has 1 amide bonds. The van der Waals surface area contributed by atoms with Crippen LogP contribution in [-0.4, -0.2) is 27.2 Å². The molecule has 28 heavy (non-hydrogen) atoms. The molecule has 0 fully saturated rings. The maximum absolute atomic E-state index is 12.8. The lowest BCUT2D eigenvalue weighted by Gasteiger charge is -2.12. The van der Waals surface area contributed by atoms with Gasteiger partial charge in [-0.2, -0.15) is 0 Å². The minimum atomic E-state index is -0.314. The largest absolute Gasteiger partial charge is 0.497 e. The van der Waals surface area contributed by atoms with Crippen LogP contribution in [0.25, 0.3) is 21.9 Å². The van der Waals surface area contributed by atoms with Gasteiger partial charge in [0.25, 0.3) is 5.91 Å². The van der Waals surface area contributed by atoms with Crippen LogP contribution in [0.15, 0.2) is 59.0 Å². The van der Waals surface area contributed by atoms with Gasteiger partial charge in [0, 0.05) is 28.5 Å². The summed E-state index contributed by atoms with van der Waals surface area (Å²) in [6.07, 6.45) is 0. The highest BCUT2D eigenvalue weighted by atomic mass is 16.5. The van der Waals surface area contributed by atoms with Crippen molar-refractivity contribution < 1.29 is 23.4 Å². The first-order valence-corrected chi connectivity index (χ1v) is 8.66. The number of furan rings is 1. The van der Waals surface area contributed by atoms with Crippen molar-refractivity contribution in [2.45, 2.75) is 0 Å². The third kappa shape index (κ3) is 3.09. The highest BCUT2D eigenvalue weighted by molar-refractivity contribution is 6.10. The summed E-state index contributed by atoms with van der Waals surface area (Å²) in [5, 5.41) is 4.80. The minimum absolute atomic E-state index is 0.314. The van der Waals surface area contributed by atoms with Crippen LogP contribution in [0.4, 0.5) is 5.69 Å². The lowest BCUT2D eigenvalue weighted by molar-refractivity contribution is 0.102. The molecule has 0 aliphatic carbocycles. The monoisotopic (exact) mass is 377 g/mol. The van der Waals surface area contributed by atoms with Crippen molar-refractivity contribution in [2.24, 2.45) is 0 Å². The molecule has 4 rings (SSSR count). The van der Waals surface area contributed by atoms with Gasteiger partial charge in [0.05, 0.1) is 27.0 Å². The summed E-state index contributed by atoms with van der Waals surface area (Å²) in [6, 6.07) is 16.4. The lowest BCUT2D eigenvalue weighted by Crippen LogP contribution is -2.13. The number of fused-ring (bicyclic) bond motifs is 3. The van der Waals surface area contributed by atoms with Crippen LogP contribution in [0, 0.1) is 0 Å². The average Bonchev–Trinajstić information content (AvgIpc) is 3.09. The molecule has 0 saturated heterocycles. The van der Waals surface area contributed by atoms with Gasteiger partial charge in [-0.3, -0.25) is 4.79 Å². The Bertz CT molecular complexity index is 1160. The summed E-state index contributed by atoms with van der Waals surface area (Å²) in [5.74, 6) is 1.29. The van der Waals surface area contributed by atoms with Crippen LogP contribution < -0.4 is 19.5 Å². The van der Waals surface area contributed by atoms with Gasteiger partial charge >= 0.3 is 0 Å². The Morgan fingerprint density at radius 2 is 1.54 bits per heavy atom. The van der Waals surface area contributed by atoms with Gasteiger partial charge in [-0.15, -0.1) is 0 Å². The number of benzene rings is 3. The maximum atomic E-state index is 12.8. The fourth-order valence-electron chi connectivity index (χ4n) is 3.15. The molecule has 1 heterocycles. The number of amides is 1. The number of nitrogens with one attached hydrogen (secondary N) is 1. The molecule has 0 spiro atoms. The zero-order valence-electron chi connectivity index (χ0n) is 15.7. The lowest BCUT2D eigenvalue weighted by atomic mass is 10.1. The first kappa shape index (κ1) is 17.7. The van der Waals surface area contributed by atoms with E-state index in [0.29, 0.717) is 34.1 Å². The molecule has 0 saturated carbocycles. The van der Waals surface area contributed by atoms with Crippen molar-refractivity contribution in [3.63, 3.8) is 0 Å². The summed E-state index contributed by atoms with van der Waals surface area (Å²) in [4.78, 5) is 12.8. The Morgan fingerprint density at radius 1 is 0.821 bits per heavy atom. The van der Waals surface area contributed by atoms with Gasteiger partial charge in [0.15, 0.2) is 0 Å². The Labute approximate surface area is 161 Å². The van der Waals surface area contributed by atoms with E-state index < -0.39 is 0 Å². The molecular weight excluding hydrogens is 358 g/mol. The molecule has 3 aromatic carbocycles. The van der Waals surface area contributed by atoms with Crippen LogP contribution in [0.3, 0.4) is 0 Å². The molecule has 0 aliphatic rings. The van der Waals surface area contributed by atoms with E-state index in [1.165, 1.54) is 14.2 Å². The van der Waals surface area contributed by atoms with Crippen molar-refractivity contribution in [3.05, 3.63) is 60.2 Å².